The number of rotatable bonds is 3. The molecular formula is C16H15ClN4. The van der Waals surface area contributed by atoms with Crippen LogP contribution >= 0.6 is 11.6 Å². The van der Waals surface area contributed by atoms with E-state index in [-0.39, 0.29) is 0 Å². The molecule has 0 aliphatic heterocycles. The lowest BCUT2D eigenvalue weighted by Gasteiger charge is -2.12. The molecular weight excluding hydrogens is 284 g/mol. The van der Waals surface area contributed by atoms with Crippen LogP contribution in [0.1, 0.15) is 11.4 Å². The van der Waals surface area contributed by atoms with Gasteiger partial charge < -0.3 is 5.73 Å². The molecule has 0 unspecified atom stereocenters. The largest absolute Gasteiger partial charge is 0.399 e. The fourth-order valence-corrected chi connectivity index (χ4v) is 2.46. The summed E-state index contributed by atoms with van der Waals surface area (Å²) in [6, 6.07) is 15.7. The third kappa shape index (κ3) is 2.50. The summed E-state index contributed by atoms with van der Waals surface area (Å²) in [5.41, 5.74) is 9.59. The summed E-state index contributed by atoms with van der Waals surface area (Å²) in [4.78, 5) is 0. The molecule has 2 N–H and O–H groups in total. The van der Waals surface area contributed by atoms with Gasteiger partial charge in [0.25, 0.3) is 0 Å². The Balaban J connectivity index is 2.22. The van der Waals surface area contributed by atoms with Gasteiger partial charge in [-0.1, -0.05) is 18.2 Å². The second kappa shape index (κ2) is 5.58. The van der Waals surface area contributed by atoms with Crippen LogP contribution in [0.2, 0.25) is 0 Å². The van der Waals surface area contributed by atoms with Crippen molar-refractivity contribution < 1.29 is 0 Å². The Bertz CT molecular complexity index is 762. The lowest BCUT2D eigenvalue weighted by Crippen LogP contribution is -2.03. The van der Waals surface area contributed by atoms with E-state index in [4.69, 9.17) is 17.3 Å². The van der Waals surface area contributed by atoms with Crippen molar-refractivity contribution >= 4 is 17.3 Å². The third-order valence-corrected chi connectivity index (χ3v) is 3.61. The SMILES string of the molecule is Cc1ccccc1-n1c(CCl)nnc1-c1ccc(N)cc1. The van der Waals surface area contributed by atoms with Gasteiger partial charge in [0.15, 0.2) is 11.6 Å². The van der Waals surface area contributed by atoms with Gasteiger partial charge in [-0.05, 0) is 42.8 Å². The van der Waals surface area contributed by atoms with Crippen molar-refractivity contribution in [1.82, 2.24) is 14.8 Å². The molecule has 0 saturated carbocycles. The van der Waals surface area contributed by atoms with Crippen LogP contribution in [0.4, 0.5) is 5.69 Å². The van der Waals surface area contributed by atoms with E-state index in [0.29, 0.717) is 5.88 Å². The van der Waals surface area contributed by atoms with E-state index in [1.807, 2.05) is 47.0 Å². The molecule has 0 bridgehead atoms. The summed E-state index contributed by atoms with van der Waals surface area (Å²) in [5.74, 6) is 1.79. The number of aromatic nitrogens is 3. The number of nitrogens with two attached hydrogens (primary N) is 1. The van der Waals surface area contributed by atoms with Crippen molar-refractivity contribution in [1.29, 1.82) is 0 Å². The molecule has 0 aliphatic carbocycles. The maximum absolute atomic E-state index is 6.02. The summed E-state index contributed by atoms with van der Waals surface area (Å²) in [6.07, 6.45) is 0. The Hall–Kier alpha value is -2.33. The number of anilines is 1. The molecule has 0 aliphatic rings. The van der Waals surface area contributed by atoms with Gasteiger partial charge in [0.1, 0.15) is 0 Å². The topological polar surface area (TPSA) is 56.7 Å². The molecule has 1 aromatic heterocycles. The molecule has 0 atom stereocenters. The molecule has 4 nitrogen and oxygen atoms in total. The van der Waals surface area contributed by atoms with Crippen LogP contribution < -0.4 is 5.73 Å². The molecule has 21 heavy (non-hydrogen) atoms. The smallest absolute Gasteiger partial charge is 0.168 e. The Morgan fingerprint density at radius 2 is 1.76 bits per heavy atom. The first-order valence-corrected chi connectivity index (χ1v) is 7.16. The number of nitrogen functional groups attached to an aromatic ring is 1. The number of halogens is 1. The molecule has 106 valence electrons. The first-order chi connectivity index (χ1) is 10.2. The van der Waals surface area contributed by atoms with Crippen molar-refractivity contribution in [3.05, 3.63) is 59.9 Å². The molecule has 0 fully saturated rings. The van der Waals surface area contributed by atoms with E-state index >= 15 is 0 Å². The summed E-state index contributed by atoms with van der Waals surface area (Å²) < 4.78 is 1.99. The predicted molar refractivity (Wildman–Crippen MR) is 85.5 cm³/mol. The fourth-order valence-electron chi connectivity index (χ4n) is 2.29. The van der Waals surface area contributed by atoms with Gasteiger partial charge in [0.05, 0.1) is 11.6 Å². The van der Waals surface area contributed by atoms with Crippen molar-refractivity contribution in [2.24, 2.45) is 0 Å². The minimum Gasteiger partial charge on any atom is -0.399 e. The Morgan fingerprint density at radius 3 is 2.43 bits per heavy atom. The zero-order valence-corrected chi connectivity index (χ0v) is 12.4. The maximum atomic E-state index is 6.02. The molecule has 0 saturated heterocycles. The van der Waals surface area contributed by atoms with Gasteiger partial charge in [-0.25, -0.2) is 0 Å². The van der Waals surface area contributed by atoms with Crippen LogP contribution in [0.5, 0.6) is 0 Å². The van der Waals surface area contributed by atoms with Crippen LogP contribution in [0.15, 0.2) is 48.5 Å². The predicted octanol–water partition coefficient (Wildman–Crippen LogP) is 3.56. The van der Waals surface area contributed by atoms with Crippen LogP contribution in [-0.2, 0) is 5.88 Å². The summed E-state index contributed by atoms with van der Waals surface area (Å²) in [7, 11) is 0. The van der Waals surface area contributed by atoms with Gasteiger partial charge in [-0.3, -0.25) is 4.57 Å². The standard InChI is InChI=1S/C16H15ClN4/c1-11-4-2-3-5-14(11)21-15(10-17)19-20-16(21)12-6-8-13(18)9-7-12/h2-9H,10,18H2,1H3. The Kier molecular flexibility index (Phi) is 3.62. The summed E-state index contributed by atoms with van der Waals surface area (Å²) >= 11 is 6.02. The van der Waals surface area contributed by atoms with Crippen LogP contribution in [0.3, 0.4) is 0 Å². The Morgan fingerprint density at radius 1 is 1.05 bits per heavy atom. The monoisotopic (exact) mass is 298 g/mol. The van der Waals surface area contributed by atoms with Crippen LogP contribution in [0, 0.1) is 6.92 Å². The van der Waals surface area contributed by atoms with Crippen LogP contribution in [-0.4, -0.2) is 14.8 Å². The molecule has 0 radical (unpaired) electrons. The molecule has 1 heterocycles. The van der Waals surface area contributed by atoms with Gasteiger partial charge in [-0.2, -0.15) is 0 Å². The third-order valence-electron chi connectivity index (χ3n) is 3.37. The van der Waals surface area contributed by atoms with E-state index in [0.717, 1.165) is 34.2 Å². The number of hydrogen-bond acceptors (Lipinski definition) is 3. The van der Waals surface area contributed by atoms with Gasteiger partial charge in [-0.15, -0.1) is 21.8 Å². The lowest BCUT2D eigenvalue weighted by atomic mass is 10.1. The fraction of sp³-hybridized carbons (Fsp3) is 0.125. The van der Waals surface area contributed by atoms with Gasteiger partial charge in [0, 0.05) is 11.3 Å². The van der Waals surface area contributed by atoms with Crippen LogP contribution in [0.25, 0.3) is 17.1 Å². The highest BCUT2D eigenvalue weighted by Gasteiger charge is 2.15. The highest BCUT2D eigenvalue weighted by molar-refractivity contribution is 6.16. The minimum absolute atomic E-state index is 0.302. The van der Waals surface area contributed by atoms with Crippen molar-refractivity contribution in [3.8, 4) is 17.1 Å². The van der Waals surface area contributed by atoms with E-state index in [1.165, 1.54) is 0 Å². The van der Waals surface area contributed by atoms with E-state index in [2.05, 4.69) is 23.2 Å². The number of benzene rings is 2. The first-order valence-electron chi connectivity index (χ1n) is 6.63. The molecule has 5 heteroatoms. The average molecular weight is 299 g/mol. The number of para-hydroxylation sites is 1. The molecule has 3 rings (SSSR count). The van der Waals surface area contributed by atoms with Crippen molar-refractivity contribution in [2.75, 3.05) is 5.73 Å². The second-order valence-corrected chi connectivity index (χ2v) is 5.08. The normalized spacial score (nSPS) is 10.8. The minimum atomic E-state index is 0.302. The zero-order chi connectivity index (χ0) is 14.8. The highest BCUT2D eigenvalue weighted by Crippen LogP contribution is 2.26. The first kappa shape index (κ1) is 13.6. The Labute approximate surface area is 128 Å². The number of alkyl halides is 1. The molecule has 2 aromatic carbocycles. The summed E-state index contributed by atoms with van der Waals surface area (Å²) in [6.45, 7) is 2.06. The molecule has 3 aromatic rings. The number of hydrogen-bond donors (Lipinski definition) is 1. The highest BCUT2D eigenvalue weighted by atomic mass is 35.5. The van der Waals surface area contributed by atoms with Crippen molar-refractivity contribution in [3.63, 3.8) is 0 Å². The number of nitrogens with zero attached hydrogens (tertiary/aromatic N) is 3. The van der Waals surface area contributed by atoms with E-state index in [9.17, 15) is 0 Å². The van der Waals surface area contributed by atoms with Crippen molar-refractivity contribution in [2.45, 2.75) is 12.8 Å². The number of aryl methyl sites for hydroxylation is 1. The average Bonchev–Trinajstić information content (AvgIpc) is 2.92. The molecule has 0 spiro atoms. The zero-order valence-electron chi connectivity index (χ0n) is 11.6. The molecule has 0 amide bonds. The quantitative estimate of drug-likeness (QED) is 0.594. The lowest BCUT2D eigenvalue weighted by molar-refractivity contribution is 0.946. The van der Waals surface area contributed by atoms with Gasteiger partial charge in [0.2, 0.25) is 0 Å². The summed E-state index contributed by atoms with van der Waals surface area (Å²) in [5, 5.41) is 8.49. The second-order valence-electron chi connectivity index (χ2n) is 4.82. The van der Waals surface area contributed by atoms with Gasteiger partial charge >= 0.3 is 0 Å². The maximum Gasteiger partial charge on any atom is 0.168 e. The van der Waals surface area contributed by atoms with E-state index < -0.39 is 0 Å². The van der Waals surface area contributed by atoms with E-state index in [1.54, 1.807) is 0 Å².